The third-order valence-corrected chi connectivity index (χ3v) is 4.44. The fraction of sp³-hybridized carbons (Fsp3) is 0.353. The number of likely N-dealkylation sites (tertiary alicyclic amines) is 1. The molecule has 1 saturated heterocycles. The zero-order chi connectivity index (χ0) is 16.5. The molecule has 24 heavy (non-hydrogen) atoms. The minimum absolute atomic E-state index is 0.0512. The van der Waals surface area contributed by atoms with Crippen LogP contribution in [0.2, 0.25) is 0 Å². The first-order chi connectivity index (χ1) is 11.7. The van der Waals surface area contributed by atoms with E-state index < -0.39 is 0 Å². The molecule has 1 aliphatic rings. The van der Waals surface area contributed by atoms with Crippen LogP contribution in [0.4, 0.5) is 0 Å². The van der Waals surface area contributed by atoms with Crippen molar-refractivity contribution in [2.24, 2.45) is 7.05 Å². The van der Waals surface area contributed by atoms with Crippen LogP contribution in [-0.2, 0) is 7.05 Å². The van der Waals surface area contributed by atoms with Crippen LogP contribution in [0, 0.1) is 0 Å². The highest BCUT2D eigenvalue weighted by atomic mass is 16.3. The van der Waals surface area contributed by atoms with Gasteiger partial charge in [0, 0.05) is 38.3 Å². The van der Waals surface area contributed by atoms with Crippen molar-refractivity contribution >= 4 is 5.91 Å². The predicted molar refractivity (Wildman–Crippen MR) is 87.4 cm³/mol. The Morgan fingerprint density at radius 1 is 1.42 bits per heavy atom. The van der Waals surface area contributed by atoms with Crippen molar-refractivity contribution in [1.82, 2.24) is 24.9 Å². The molecule has 1 aliphatic heterocycles. The van der Waals surface area contributed by atoms with E-state index >= 15 is 0 Å². The quantitative estimate of drug-likeness (QED) is 0.802. The zero-order valence-corrected chi connectivity index (χ0v) is 13.5. The summed E-state index contributed by atoms with van der Waals surface area (Å²) in [4.78, 5) is 14.6. The summed E-state index contributed by atoms with van der Waals surface area (Å²) in [6.45, 7) is 1.43. The van der Waals surface area contributed by atoms with Crippen molar-refractivity contribution in [3.8, 4) is 11.5 Å². The molecule has 4 heterocycles. The minimum atomic E-state index is -0.0512. The number of hydrogen-bond donors (Lipinski definition) is 1. The molecule has 0 aromatic carbocycles. The van der Waals surface area contributed by atoms with Crippen LogP contribution in [0.25, 0.3) is 11.5 Å². The Hall–Kier alpha value is -2.83. The van der Waals surface area contributed by atoms with Crippen molar-refractivity contribution in [3.63, 3.8) is 0 Å². The van der Waals surface area contributed by atoms with Crippen molar-refractivity contribution in [1.29, 1.82) is 0 Å². The summed E-state index contributed by atoms with van der Waals surface area (Å²) in [5, 5.41) is 11.5. The normalized spacial score (nSPS) is 18.0. The van der Waals surface area contributed by atoms with Gasteiger partial charge in [0.05, 0.1) is 12.0 Å². The Morgan fingerprint density at radius 3 is 3.08 bits per heavy atom. The van der Waals surface area contributed by atoms with E-state index in [4.69, 9.17) is 4.42 Å². The smallest absolute Gasteiger partial charge is 0.274 e. The summed E-state index contributed by atoms with van der Waals surface area (Å²) in [6, 6.07) is 7.41. The number of carbonyl (C=O) groups excluding carboxylic acids is 1. The second-order valence-electron chi connectivity index (χ2n) is 6.15. The summed E-state index contributed by atoms with van der Waals surface area (Å²) in [5.41, 5.74) is 2.18. The number of H-pyrrole nitrogens is 1. The standard InChI is InChI=1S/C17H19N5O2/c1-21-8-6-13(20-21)12-4-2-7-22(11-12)17(23)15-10-14(18-19-15)16-5-3-9-24-16/h3,5-6,8-10,12H,2,4,7,11H2,1H3,(H,18,19)/t12-/m1/s1. The van der Waals surface area contributed by atoms with Gasteiger partial charge in [0.25, 0.3) is 5.91 Å². The molecule has 4 rings (SSSR count). The summed E-state index contributed by atoms with van der Waals surface area (Å²) >= 11 is 0. The number of rotatable bonds is 3. The lowest BCUT2D eigenvalue weighted by atomic mass is 9.95. The summed E-state index contributed by atoms with van der Waals surface area (Å²) in [7, 11) is 1.91. The lowest BCUT2D eigenvalue weighted by molar-refractivity contribution is 0.0699. The molecular formula is C17H19N5O2. The van der Waals surface area contributed by atoms with E-state index in [2.05, 4.69) is 15.3 Å². The van der Waals surface area contributed by atoms with Gasteiger partial charge in [-0.1, -0.05) is 0 Å². The molecule has 1 atom stereocenters. The van der Waals surface area contributed by atoms with E-state index in [0.717, 1.165) is 25.1 Å². The average molecular weight is 325 g/mol. The molecule has 0 spiro atoms. The zero-order valence-electron chi connectivity index (χ0n) is 13.5. The molecule has 7 nitrogen and oxygen atoms in total. The maximum atomic E-state index is 12.8. The summed E-state index contributed by atoms with van der Waals surface area (Å²) in [6.07, 6.45) is 5.57. The lowest BCUT2D eigenvalue weighted by Gasteiger charge is -2.31. The van der Waals surface area contributed by atoms with E-state index in [1.807, 2.05) is 30.3 Å². The second kappa shape index (κ2) is 5.99. The average Bonchev–Trinajstić information content (AvgIpc) is 3.34. The number of nitrogens with one attached hydrogen (secondary N) is 1. The molecule has 124 valence electrons. The third kappa shape index (κ3) is 2.73. The Bertz CT molecular complexity index is 833. The fourth-order valence-corrected chi connectivity index (χ4v) is 3.21. The molecule has 3 aromatic heterocycles. The van der Waals surface area contributed by atoms with Crippen molar-refractivity contribution in [3.05, 3.63) is 48.1 Å². The number of furan rings is 1. The highest BCUT2D eigenvalue weighted by Gasteiger charge is 2.28. The molecule has 0 saturated carbocycles. The van der Waals surface area contributed by atoms with Gasteiger partial charge >= 0.3 is 0 Å². The van der Waals surface area contributed by atoms with E-state index in [1.165, 1.54) is 0 Å². The van der Waals surface area contributed by atoms with Crippen LogP contribution in [-0.4, -0.2) is 43.9 Å². The van der Waals surface area contributed by atoms with E-state index in [1.54, 1.807) is 23.1 Å². The van der Waals surface area contributed by atoms with Crippen LogP contribution < -0.4 is 0 Å². The molecule has 0 bridgehead atoms. The van der Waals surface area contributed by atoms with Gasteiger partial charge in [0.2, 0.25) is 0 Å². The summed E-state index contributed by atoms with van der Waals surface area (Å²) < 4.78 is 7.13. The Morgan fingerprint density at radius 2 is 2.33 bits per heavy atom. The molecular weight excluding hydrogens is 306 g/mol. The van der Waals surface area contributed by atoms with E-state index in [9.17, 15) is 4.79 Å². The fourth-order valence-electron chi connectivity index (χ4n) is 3.21. The van der Waals surface area contributed by atoms with Crippen LogP contribution in [0.3, 0.4) is 0 Å². The minimum Gasteiger partial charge on any atom is -0.463 e. The molecule has 0 unspecified atom stereocenters. The number of amides is 1. The number of piperidine rings is 1. The first-order valence-corrected chi connectivity index (χ1v) is 8.09. The van der Waals surface area contributed by atoms with Gasteiger partial charge < -0.3 is 9.32 Å². The van der Waals surface area contributed by atoms with Crippen LogP contribution >= 0.6 is 0 Å². The van der Waals surface area contributed by atoms with Gasteiger partial charge in [-0.3, -0.25) is 14.6 Å². The Kier molecular flexibility index (Phi) is 3.68. The molecule has 1 N–H and O–H groups in total. The lowest BCUT2D eigenvalue weighted by Crippen LogP contribution is -2.39. The number of aryl methyl sites for hydroxylation is 1. The van der Waals surface area contributed by atoms with Crippen LogP contribution in [0.15, 0.2) is 41.1 Å². The van der Waals surface area contributed by atoms with Gasteiger partial charge in [-0.15, -0.1) is 0 Å². The maximum Gasteiger partial charge on any atom is 0.274 e. The largest absolute Gasteiger partial charge is 0.463 e. The second-order valence-corrected chi connectivity index (χ2v) is 6.15. The van der Waals surface area contributed by atoms with Gasteiger partial charge in [-0.2, -0.15) is 10.2 Å². The number of hydrogen-bond acceptors (Lipinski definition) is 4. The molecule has 0 aliphatic carbocycles. The predicted octanol–water partition coefficient (Wildman–Crippen LogP) is 2.42. The van der Waals surface area contributed by atoms with Crippen molar-refractivity contribution in [2.75, 3.05) is 13.1 Å². The Labute approximate surface area is 139 Å². The summed E-state index contributed by atoms with van der Waals surface area (Å²) in [5.74, 6) is 0.906. The van der Waals surface area contributed by atoms with Gasteiger partial charge in [0.1, 0.15) is 5.69 Å². The number of nitrogens with zero attached hydrogens (tertiary/aromatic N) is 4. The van der Waals surface area contributed by atoms with Crippen LogP contribution in [0.1, 0.15) is 34.9 Å². The highest BCUT2D eigenvalue weighted by Crippen LogP contribution is 2.27. The first kappa shape index (κ1) is 14.7. The molecule has 7 heteroatoms. The van der Waals surface area contributed by atoms with Crippen molar-refractivity contribution < 1.29 is 9.21 Å². The number of aromatic nitrogens is 4. The van der Waals surface area contributed by atoms with E-state index in [-0.39, 0.29) is 11.8 Å². The van der Waals surface area contributed by atoms with Crippen LogP contribution in [0.5, 0.6) is 0 Å². The molecule has 1 amide bonds. The monoisotopic (exact) mass is 325 g/mol. The molecule has 0 radical (unpaired) electrons. The molecule has 3 aromatic rings. The van der Waals surface area contributed by atoms with Crippen molar-refractivity contribution in [2.45, 2.75) is 18.8 Å². The first-order valence-electron chi connectivity index (χ1n) is 8.09. The molecule has 1 fully saturated rings. The van der Waals surface area contributed by atoms with Gasteiger partial charge in [-0.05, 0) is 31.0 Å². The van der Waals surface area contributed by atoms with E-state index in [0.29, 0.717) is 23.7 Å². The number of carbonyl (C=O) groups is 1. The SMILES string of the molecule is Cn1ccc([C@@H]2CCCN(C(=O)c3cc(-c4ccco4)[nH]n3)C2)n1. The topological polar surface area (TPSA) is 80.0 Å². The maximum absolute atomic E-state index is 12.8. The van der Waals surface area contributed by atoms with Gasteiger partial charge in [-0.25, -0.2) is 0 Å². The third-order valence-electron chi connectivity index (χ3n) is 4.44. The highest BCUT2D eigenvalue weighted by molar-refractivity contribution is 5.93. The Balaban J connectivity index is 1.50. The van der Waals surface area contributed by atoms with Gasteiger partial charge in [0.15, 0.2) is 11.5 Å². The number of aromatic amines is 1.